The molecular weight excluding hydrogens is 369 g/mol. The van der Waals surface area contributed by atoms with Crippen LogP contribution in [-0.4, -0.2) is 72.0 Å². The minimum Gasteiger partial charge on any atom is -0.339 e. The van der Waals surface area contributed by atoms with E-state index in [1.54, 1.807) is 17.0 Å². The lowest BCUT2D eigenvalue weighted by molar-refractivity contribution is -0.140. The predicted octanol–water partition coefficient (Wildman–Crippen LogP) is 2.34. The van der Waals surface area contributed by atoms with Gasteiger partial charge in [0, 0.05) is 26.2 Å². The summed E-state index contributed by atoms with van der Waals surface area (Å²) in [6.45, 7) is 3.26. The average molecular weight is 388 g/mol. The number of hydrogen-bond donors (Lipinski definition) is 0. The molecule has 1 aromatic rings. The molecule has 2 fully saturated rings. The molecule has 0 spiro atoms. The number of carbonyl (C=O) groups is 2. The van der Waals surface area contributed by atoms with Gasteiger partial charge in [-0.1, -0.05) is 29.3 Å². The topological polar surface area (TPSA) is 43.9 Å². The van der Waals surface area contributed by atoms with Gasteiger partial charge in [-0.3, -0.25) is 9.59 Å². The van der Waals surface area contributed by atoms with Gasteiger partial charge >= 0.3 is 0 Å². The Bertz CT molecular complexity index is 650. The molecule has 2 amide bonds. The second-order valence-electron chi connectivity index (χ2n) is 6.04. The van der Waals surface area contributed by atoms with Gasteiger partial charge in [-0.05, 0) is 24.7 Å². The first kappa shape index (κ1) is 17.9. The van der Waals surface area contributed by atoms with Crippen LogP contribution in [-0.2, 0) is 9.59 Å². The van der Waals surface area contributed by atoms with Gasteiger partial charge in [0.1, 0.15) is 11.9 Å². The van der Waals surface area contributed by atoms with Gasteiger partial charge in [0.05, 0.1) is 15.8 Å². The number of amides is 2. The molecule has 0 bridgehead atoms. The fraction of sp³-hybridized carbons (Fsp3) is 0.500. The van der Waals surface area contributed by atoms with Crippen molar-refractivity contribution >= 4 is 46.8 Å². The highest BCUT2D eigenvalue weighted by atomic mass is 35.5. The average Bonchev–Trinajstić information content (AvgIpc) is 2.92. The molecule has 0 N–H and O–H groups in total. The van der Waals surface area contributed by atoms with Crippen LogP contribution < -0.4 is 0 Å². The van der Waals surface area contributed by atoms with Crippen molar-refractivity contribution in [1.29, 1.82) is 0 Å². The summed E-state index contributed by atoms with van der Waals surface area (Å²) in [7, 11) is 2.04. The van der Waals surface area contributed by atoms with E-state index in [2.05, 4.69) is 4.90 Å². The highest BCUT2D eigenvalue weighted by Gasteiger charge is 2.35. The Morgan fingerprint density at radius 2 is 1.92 bits per heavy atom. The minimum absolute atomic E-state index is 0.00371. The van der Waals surface area contributed by atoms with Crippen LogP contribution in [0.3, 0.4) is 0 Å². The Kier molecular flexibility index (Phi) is 5.59. The number of halogens is 2. The molecule has 0 aliphatic carbocycles. The highest BCUT2D eigenvalue weighted by molar-refractivity contribution is 8.00. The van der Waals surface area contributed by atoms with Crippen LogP contribution in [0.15, 0.2) is 18.2 Å². The maximum Gasteiger partial charge on any atom is 0.242 e. The van der Waals surface area contributed by atoms with E-state index in [9.17, 15) is 9.59 Å². The quantitative estimate of drug-likeness (QED) is 0.798. The third kappa shape index (κ3) is 3.82. The predicted molar refractivity (Wildman–Crippen MR) is 97.5 cm³/mol. The first-order valence-electron chi connectivity index (χ1n) is 7.78. The van der Waals surface area contributed by atoms with Gasteiger partial charge in [0.15, 0.2) is 0 Å². The van der Waals surface area contributed by atoms with E-state index in [1.165, 1.54) is 11.8 Å². The Labute approximate surface area is 155 Å². The number of carbonyl (C=O) groups excluding carboxylic acids is 2. The lowest BCUT2D eigenvalue weighted by Crippen LogP contribution is -2.50. The summed E-state index contributed by atoms with van der Waals surface area (Å²) in [4.78, 5) is 30.5. The van der Waals surface area contributed by atoms with Crippen molar-refractivity contribution in [1.82, 2.24) is 14.7 Å². The maximum absolute atomic E-state index is 12.6. The summed E-state index contributed by atoms with van der Waals surface area (Å²) >= 11 is 13.6. The number of hydrogen-bond acceptors (Lipinski definition) is 4. The largest absolute Gasteiger partial charge is 0.339 e. The number of rotatable bonds is 3. The van der Waals surface area contributed by atoms with Gasteiger partial charge in [-0.25, -0.2) is 0 Å². The van der Waals surface area contributed by atoms with Crippen LogP contribution >= 0.6 is 35.0 Å². The van der Waals surface area contributed by atoms with Gasteiger partial charge in [-0.15, -0.1) is 11.8 Å². The molecule has 2 saturated heterocycles. The molecule has 8 heteroatoms. The normalized spacial score (nSPS) is 22.3. The second-order valence-corrected chi connectivity index (χ2v) is 7.93. The van der Waals surface area contributed by atoms with Crippen LogP contribution in [0.2, 0.25) is 10.0 Å². The lowest BCUT2D eigenvalue weighted by Gasteiger charge is -2.34. The van der Waals surface area contributed by atoms with Crippen molar-refractivity contribution in [2.45, 2.75) is 5.37 Å². The summed E-state index contributed by atoms with van der Waals surface area (Å²) in [5, 5.41) is 0.748. The fourth-order valence-electron chi connectivity index (χ4n) is 2.87. The van der Waals surface area contributed by atoms with E-state index < -0.39 is 0 Å². The van der Waals surface area contributed by atoms with Gasteiger partial charge in [0.2, 0.25) is 11.8 Å². The third-order valence-corrected chi connectivity index (χ3v) is 6.35. The molecule has 130 valence electrons. The van der Waals surface area contributed by atoms with Crippen molar-refractivity contribution in [2.75, 3.05) is 45.5 Å². The summed E-state index contributed by atoms with van der Waals surface area (Å²) in [6.07, 6.45) is 0. The van der Waals surface area contributed by atoms with Gasteiger partial charge in [-0.2, -0.15) is 0 Å². The molecule has 1 atom stereocenters. The summed E-state index contributed by atoms with van der Waals surface area (Å²) in [5.41, 5.74) is 0.895. The summed E-state index contributed by atoms with van der Waals surface area (Å²) < 4.78 is 0. The number of piperazine rings is 1. The smallest absolute Gasteiger partial charge is 0.242 e. The summed E-state index contributed by atoms with van der Waals surface area (Å²) in [5.74, 6) is 0.364. The Balaban J connectivity index is 1.71. The Morgan fingerprint density at radius 3 is 2.58 bits per heavy atom. The zero-order chi connectivity index (χ0) is 17.3. The van der Waals surface area contributed by atoms with Crippen LogP contribution in [0.25, 0.3) is 0 Å². The van der Waals surface area contributed by atoms with Gasteiger partial charge in [0.25, 0.3) is 0 Å². The number of thioether (sulfide) groups is 1. The number of benzene rings is 1. The van der Waals surface area contributed by atoms with Crippen molar-refractivity contribution in [2.24, 2.45) is 0 Å². The van der Waals surface area contributed by atoms with Crippen LogP contribution in [0.4, 0.5) is 0 Å². The van der Waals surface area contributed by atoms with Gasteiger partial charge < -0.3 is 14.7 Å². The SMILES string of the molecule is CN1CCN(C(=O)CN2C(=O)CSC2c2ccc(Cl)c(Cl)c2)CC1. The number of nitrogens with zero attached hydrogens (tertiary/aromatic N) is 3. The molecule has 24 heavy (non-hydrogen) atoms. The monoisotopic (exact) mass is 387 g/mol. The molecule has 1 aromatic carbocycles. The highest BCUT2D eigenvalue weighted by Crippen LogP contribution is 2.40. The lowest BCUT2D eigenvalue weighted by atomic mass is 10.2. The summed E-state index contributed by atoms with van der Waals surface area (Å²) in [6, 6.07) is 5.36. The third-order valence-electron chi connectivity index (χ3n) is 4.36. The van der Waals surface area contributed by atoms with E-state index in [4.69, 9.17) is 23.2 Å². The van der Waals surface area contributed by atoms with Crippen molar-refractivity contribution in [3.05, 3.63) is 33.8 Å². The molecule has 2 aliphatic rings. The van der Waals surface area contributed by atoms with Crippen molar-refractivity contribution in [3.8, 4) is 0 Å². The van der Waals surface area contributed by atoms with Crippen LogP contribution in [0, 0.1) is 0 Å². The minimum atomic E-state index is -0.191. The van der Waals surface area contributed by atoms with E-state index in [0.29, 0.717) is 28.9 Å². The standard InChI is InChI=1S/C16H19Cl2N3O2S/c1-19-4-6-20(7-5-19)14(22)9-21-15(23)10-24-16(21)11-2-3-12(17)13(18)8-11/h2-3,8,16H,4-7,9-10H2,1H3. The van der Waals surface area contributed by atoms with E-state index in [-0.39, 0.29) is 23.7 Å². The molecule has 3 rings (SSSR count). The Morgan fingerprint density at radius 1 is 1.21 bits per heavy atom. The molecular formula is C16H19Cl2N3O2S. The van der Waals surface area contributed by atoms with Crippen LogP contribution in [0.5, 0.6) is 0 Å². The zero-order valence-corrected chi connectivity index (χ0v) is 15.7. The first-order chi connectivity index (χ1) is 11.5. The van der Waals surface area contributed by atoms with Crippen LogP contribution in [0.1, 0.15) is 10.9 Å². The molecule has 1 unspecified atom stereocenters. The second kappa shape index (κ2) is 7.52. The fourth-order valence-corrected chi connectivity index (χ4v) is 4.35. The molecule has 2 aliphatic heterocycles. The molecule has 0 saturated carbocycles. The number of likely N-dealkylation sites (N-methyl/N-ethyl adjacent to an activating group) is 1. The van der Waals surface area contributed by atoms with Crippen molar-refractivity contribution in [3.63, 3.8) is 0 Å². The van der Waals surface area contributed by atoms with Crippen molar-refractivity contribution < 1.29 is 9.59 Å². The Hall–Kier alpha value is -0.950. The molecule has 5 nitrogen and oxygen atoms in total. The first-order valence-corrected chi connectivity index (χ1v) is 9.58. The van der Waals surface area contributed by atoms with E-state index >= 15 is 0 Å². The molecule has 2 heterocycles. The molecule has 0 radical (unpaired) electrons. The van der Waals surface area contributed by atoms with E-state index in [1.807, 2.05) is 18.0 Å². The molecule has 0 aromatic heterocycles. The van der Waals surface area contributed by atoms with E-state index in [0.717, 1.165) is 18.7 Å². The zero-order valence-electron chi connectivity index (χ0n) is 13.4. The maximum atomic E-state index is 12.6.